The first kappa shape index (κ1) is 19.5. The Labute approximate surface area is 139 Å². The van der Waals surface area contributed by atoms with E-state index in [9.17, 15) is 4.79 Å². The Bertz CT molecular complexity index is 407. The van der Waals surface area contributed by atoms with Crippen LogP contribution in [0.3, 0.4) is 0 Å². The second-order valence-electron chi connectivity index (χ2n) is 7.16. The van der Waals surface area contributed by atoms with Crippen LogP contribution in [0.1, 0.15) is 40.5 Å². The molecule has 0 aromatic rings. The number of nitrogens with one attached hydrogen (secondary N) is 1. The predicted octanol–water partition coefficient (Wildman–Crippen LogP) is 1.57. The van der Waals surface area contributed by atoms with Gasteiger partial charge in [0.25, 0.3) is 0 Å². The molecular formula is C16H32N4O3. The minimum absolute atomic E-state index is 0.119. The third-order valence-electron chi connectivity index (χ3n) is 3.50. The van der Waals surface area contributed by atoms with Crippen LogP contribution in [0.15, 0.2) is 4.99 Å². The molecule has 2 unspecified atom stereocenters. The number of carbonyl (C=O) groups excluding carboxylic acids is 1. The van der Waals surface area contributed by atoms with Crippen LogP contribution in [0, 0.1) is 5.92 Å². The first-order valence-corrected chi connectivity index (χ1v) is 8.24. The molecule has 1 aliphatic rings. The zero-order valence-corrected chi connectivity index (χ0v) is 15.1. The zero-order chi connectivity index (χ0) is 17.5. The Hall–Kier alpha value is -1.50. The molecule has 1 saturated heterocycles. The van der Waals surface area contributed by atoms with Crippen LogP contribution in [-0.4, -0.2) is 61.9 Å². The third kappa shape index (κ3) is 8.06. The summed E-state index contributed by atoms with van der Waals surface area (Å²) in [7, 11) is 1.65. The molecule has 0 bridgehead atoms. The fourth-order valence-corrected chi connectivity index (χ4v) is 2.52. The fourth-order valence-electron chi connectivity index (χ4n) is 2.52. The predicted molar refractivity (Wildman–Crippen MR) is 91.5 cm³/mol. The Balaban J connectivity index is 2.44. The molecular weight excluding hydrogens is 296 g/mol. The average molecular weight is 328 g/mol. The molecule has 1 amide bonds. The van der Waals surface area contributed by atoms with Gasteiger partial charge in [-0.2, -0.15) is 0 Å². The SMILES string of the molecule is COCC(C)NC(N)=NCC1CCCN(C(=O)OC(C)(C)C)C1. The van der Waals surface area contributed by atoms with Gasteiger partial charge in [0, 0.05) is 32.8 Å². The first-order chi connectivity index (χ1) is 10.7. The van der Waals surface area contributed by atoms with Crippen LogP contribution in [0.25, 0.3) is 0 Å². The molecule has 0 spiro atoms. The van der Waals surface area contributed by atoms with Crippen molar-refractivity contribution in [2.75, 3.05) is 33.4 Å². The van der Waals surface area contributed by atoms with Crippen molar-refractivity contribution in [3.63, 3.8) is 0 Å². The van der Waals surface area contributed by atoms with Crippen molar-refractivity contribution in [3.05, 3.63) is 0 Å². The number of guanidine groups is 1. The van der Waals surface area contributed by atoms with Crippen LogP contribution < -0.4 is 11.1 Å². The van der Waals surface area contributed by atoms with Gasteiger partial charge in [-0.1, -0.05) is 0 Å². The number of ether oxygens (including phenoxy) is 2. The number of aliphatic imine (C=N–C) groups is 1. The molecule has 7 heteroatoms. The number of methoxy groups -OCH3 is 1. The lowest BCUT2D eigenvalue weighted by atomic mass is 9.98. The van der Waals surface area contributed by atoms with Crippen LogP contribution in [0.4, 0.5) is 4.79 Å². The van der Waals surface area contributed by atoms with Crippen molar-refractivity contribution in [1.82, 2.24) is 10.2 Å². The molecule has 3 N–H and O–H groups in total. The fraction of sp³-hybridized carbons (Fsp3) is 0.875. The van der Waals surface area contributed by atoms with Gasteiger partial charge in [-0.05, 0) is 46.5 Å². The molecule has 1 heterocycles. The summed E-state index contributed by atoms with van der Waals surface area (Å²) in [5, 5.41) is 3.08. The largest absolute Gasteiger partial charge is 0.444 e. The van der Waals surface area contributed by atoms with Gasteiger partial charge in [0.15, 0.2) is 5.96 Å². The second-order valence-corrected chi connectivity index (χ2v) is 7.16. The van der Waals surface area contributed by atoms with Gasteiger partial charge in [-0.15, -0.1) is 0 Å². The molecule has 0 aliphatic carbocycles. The third-order valence-corrected chi connectivity index (χ3v) is 3.50. The molecule has 1 fully saturated rings. The van der Waals surface area contributed by atoms with Gasteiger partial charge in [0.05, 0.1) is 6.61 Å². The van der Waals surface area contributed by atoms with E-state index < -0.39 is 5.60 Å². The summed E-state index contributed by atoms with van der Waals surface area (Å²) in [6.45, 7) is 10.2. The lowest BCUT2D eigenvalue weighted by molar-refractivity contribution is 0.0171. The van der Waals surface area contributed by atoms with Crippen LogP contribution >= 0.6 is 0 Å². The van der Waals surface area contributed by atoms with Gasteiger partial charge in [0.2, 0.25) is 0 Å². The van der Waals surface area contributed by atoms with Gasteiger partial charge in [0.1, 0.15) is 5.60 Å². The summed E-state index contributed by atoms with van der Waals surface area (Å²) >= 11 is 0. The summed E-state index contributed by atoms with van der Waals surface area (Å²) in [6, 6.07) is 0.119. The molecule has 1 aliphatic heterocycles. The number of piperidine rings is 1. The molecule has 2 atom stereocenters. The molecule has 23 heavy (non-hydrogen) atoms. The molecule has 0 aromatic carbocycles. The maximum absolute atomic E-state index is 12.1. The van der Waals surface area contributed by atoms with E-state index in [1.807, 2.05) is 27.7 Å². The lowest BCUT2D eigenvalue weighted by Crippen LogP contribution is -2.44. The molecule has 0 radical (unpaired) electrons. The Morgan fingerprint density at radius 3 is 2.78 bits per heavy atom. The highest BCUT2D eigenvalue weighted by Crippen LogP contribution is 2.19. The zero-order valence-electron chi connectivity index (χ0n) is 15.1. The smallest absolute Gasteiger partial charge is 0.410 e. The van der Waals surface area contributed by atoms with Gasteiger partial charge in [-0.25, -0.2) is 4.79 Å². The van der Waals surface area contributed by atoms with Crippen molar-refractivity contribution in [2.24, 2.45) is 16.6 Å². The minimum atomic E-state index is -0.464. The quantitative estimate of drug-likeness (QED) is 0.591. The normalized spacial score (nSPS) is 21.0. The average Bonchev–Trinajstić information content (AvgIpc) is 2.44. The van der Waals surface area contributed by atoms with Crippen molar-refractivity contribution in [2.45, 2.75) is 52.2 Å². The number of likely N-dealkylation sites (tertiary alicyclic amines) is 1. The maximum atomic E-state index is 12.1. The Morgan fingerprint density at radius 1 is 1.48 bits per heavy atom. The number of hydrogen-bond donors (Lipinski definition) is 2. The van der Waals surface area contributed by atoms with E-state index in [1.54, 1.807) is 12.0 Å². The van der Waals surface area contributed by atoms with Crippen LogP contribution in [0.5, 0.6) is 0 Å². The van der Waals surface area contributed by atoms with Crippen molar-refractivity contribution in [1.29, 1.82) is 0 Å². The van der Waals surface area contributed by atoms with E-state index in [2.05, 4.69) is 10.3 Å². The minimum Gasteiger partial charge on any atom is -0.444 e. The summed E-state index contributed by atoms with van der Waals surface area (Å²) in [5.74, 6) is 0.735. The number of amides is 1. The van der Waals surface area contributed by atoms with E-state index in [1.165, 1.54) is 0 Å². The van der Waals surface area contributed by atoms with Crippen molar-refractivity contribution < 1.29 is 14.3 Å². The van der Waals surface area contributed by atoms with Gasteiger partial charge in [-0.3, -0.25) is 4.99 Å². The van der Waals surface area contributed by atoms with Crippen molar-refractivity contribution in [3.8, 4) is 0 Å². The van der Waals surface area contributed by atoms with Crippen molar-refractivity contribution >= 4 is 12.1 Å². The number of rotatable bonds is 5. The summed E-state index contributed by atoms with van der Waals surface area (Å²) < 4.78 is 10.5. The van der Waals surface area contributed by atoms with E-state index >= 15 is 0 Å². The highest BCUT2D eigenvalue weighted by atomic mass is 16.6. The first-order valence-electron chi connectivity index (χ1n) is 8.24. The molecule has 134 valence electrons. The highest BCUT2D eigenvalue weighted by Gasteiger charge is 2.27. The highest BCUT2D eigenvalue weighted by molar-refractivity contribution is 5.78. The number of nitrogens with zero attached hydrogens (tertiary/aromatic N) is 2. The number of carbonyl (C=O) groups is 1. The van der Waals surface area contributed by atoms with Crippen LogP contribution in [0.2, 0.25) is 0 Å². The van der Waals surface area contributed by atoms with E-state index in [4.69, 9.17) is 15.2 Å². The number of nitrogens with two attached hydrogens (primary N) is 1. The standard InChI is InChI=1S/C16H32N4O3/c1-12(11-22-5)19-14(17)18-9-13-7-6-8-20(10-13)15(21)23-16(2,3)4/h12-13H,6-11H2,1-5H3,(H3,17,18,19). The molecule has 0 saturated carbocycles. The van der Waals surface area contributed by atoms with E-state index in [-0.39, 0.29) is 12.1 Å². The number of hydrogen-bond acceptors (Lipinski definition) is 4. The van der Waals surface area contributed by atoms with Crippen LogP contribution in [-0.2, 0) is 9.47 Å². The summed E-state index contributed by atoms with van der Waals surface area (Å²) in [6.07, 6.45) is 1.77. The second kappa shape index (κ2) is 8.96. The lowest BCUT2D eigenvalue weighted by Gasteiger charge is -2.33. The van der Waals surface area contributed by atoms with E-state index in [0.29, 0.717) is 31.6 Å². The topological polar surface area (TPSA) is 89.2 Å². The Kier molecular flexibility index (Phi) is 7.61. The van der Waals surface area contributed by atoms with Gasteiger partial charge >= 0.3 is 6.09 Å². The molecule has 7 nitrogen and oxygen atoms in total. The summed E-state index contributed by atoms with van der Waals surface area (Å²) in [5.41, 5.74) is 5.41. The Morgan fingerprint density at radius 2 is 2.17 bits per heavy atom. The van der Waals surface area contributed by atoms with E-state index in [0.717, 1.165) is 19.4 Å². The molecule has 0 aromatic heterocycles. The monoisotopic (exact) mass is 328 g/mol. The molecule has 1 rings (SSSR count). The maximum Gasteiger partial charge on any atom is 0.410 e. The van der Waals surface area contributed by atoms with Gasteiger partial charge < -0.3 is 25.4 Å². The summed E-state index contributed by atoms with van der Waals surface area (Å²) in [4.78, 5) is 18.3.